The quantitative estimate of drug-likeness (QED) is 0.186. The smallest absolute Gasteiger partial charge is 0.160 e. The van der Waals surface area contributed by atoms with E-state index in [-0.39, 0.29) is 0 Å². The Morgan fingerprint density at radius 1 is 0.423 bits per heavy atom. The Bertz CT molecular complexity index is 2630. The van der Waals surface area contributed by atoms with Gasteiger partial charge in [-0.2, -0.15) is 5.26 Å². The zero-order valence-electron chi connectivity index (χ0n) is 28.0. The molecule has 0 saturated heterocycles. The number of fused-ring (bicyclic) bond motifs is 9. The summed E-state index contributed by atoms with van der Waals surface area (Å²) >= 11 is 1.81. The molecule has 10 rings (SSSR count). The van der Waals surface area contributed by atoms with Gasteiger partial charge < -0.3 is 0 Å². The summed E-state index contributed by atoms with van der Waals surface area (Å²) in [5, 5.41) is 9.72. The lowest BCUT2D eigenvalue weighted by Crippen LogP contribution is -2.32. The molecule has 0 radical (unpaired) electrons. The molecule has 3 nitrogen and oxygen atoms in total. The second-order valence-electron chi connectivity index (χ2n) is 13.3. The van der Waals surface area contributed by atoms with Gasteiger partial charge in [-0.15, -0.1) is 0 Å². The van der Waals surface area contributed by atoms with Gasteiger partial charge in [0.15, 0.2) is 5.82 Å². The molecular weight excluding hydrogens is 651 g/mol. The number of hydrogen-bond donors (Lipinski definition) is 0. The Morgan fingerprint density at radius 2 is 0.923 bits per heavy atom. The molecule has 0 bridgehead atoms. The van der Waals surface area contributed by atoms with Gasteiger partial charge in [0.05, 0.1) is 28.4 Å². The van der Waals surface area contributed by atoms with Gasteiger partial charge in [-0.1, -0.05) is 145 Å². The summed E-state index contributed by atoms with van der Waals surface area (Å²) in [6.07, 6.45) is 0. The maximum Gasteiger partial charge on any atom is 0.160 e. The van der Waals surface area contributed by atoms with Gasteiger partial charge in [-0.3, -0.25) is 0 Å². The molecule has 2 aliphatic rings. The van der Waals surface area contributed by atoms with Crippen molar-refractivity contribution >= 4 is 11.8 Å². The molecule has 8 aromatic rings. The zero-order chi connectivity index (χ0) is 34.6. The van der Waals surface area contributed by atoms with Gasteiger partial charge in [0, 0.05) is 26.5 Å². The third-order valence-electron chi connectivity index (χ3n) is 10.4. The molecule has 2 heterocycles. The first-order valence-corrected chi connectivity index (χ1v) is 18.2. The Balaban J connectivity index is 1.25. The molecule has 1 aliphatic carbocycles. The Labute approximate surface area is 307 Å². The molecule has 0 amide bonds. The van der Waals surface area contributed by atoms with Crippen molar-refractivity contribution in [1.29, 1.82) is 5.26 Å². The molecule has 1 aromatic heterocycles. The molecule has 0 saturated carbocycles. The van der Waals surface area contributed by atoms with Crippen LogP contribution in [0.25, 0.3) is 56.2 Å². The summed E-state index contributed by atoms with van der Waals surface area (Å²) in [6, 6.07) is 64.3. The lowest BCUT2D eigenvalue weighted by atomic mass is 9.66. The molecule has 242 valence electrons. The van der Waals surface area contributed by atoms with Crippen molar-refractivity contribution in [3.05, 3.63) is 204 Å². The first-order valence-electron chi connectivity index (χ1n) is 17.4. The lowest BCUT2D eigenvalue weighted by molar-refractivity contribution is 0.723. The van der Waals surface area contributed by atoms with E-state index in [4.69, 9.17) is 9.97 Å². The van der Waals surface area contributed by atoms with E-state index < -0.39 is 5.41 Å². The van der Waals surface area contributed by atoms with Crippen molar-refractivity contribution in [2.24, 2.45) is 0 Å². The standard InChI is InChI=1S/C48H29N3S/c49-30-31-12-11-17-34(26-31)35-22-24-45-41(27-35)48(39-20-9-7-18-37(39)38-19-8-10-21-40(38)48)42-28-36(23-25-46(42)52-45)47-50-43(32-13-3-1-4-14-32)29-44(51-47)33-15-5-2-6-16-33/h1-29H. The fourth-order valence-electron chi connectivity index (χ4n) is 8.08. The summed E-state index contributed by atoms with van der Waals surface area (Å²) in [7, 11) is 0. The first kappa shape index (κ1) is 30.3. The van der Waals surface area contributed by atoms with E-state index in [2.05, 4.69) is 152 Å². The molecule has 1 spiro atoms. The van der Waals surface area contributed by atoms with Crippen LogP contribution in [0.3, 0.4) is 0 Å². The van der Waals surface area contributed by atoms with Crippen LogP contribution in [0, 0.1) is 11.3 Å². The van der Waals surface area contributed by atoms with Crippen LogP contribution < -0.4 is 0 Å². The van der Waals surface area contributed by atoms with Gasteiger partial charge >= 0.3 is 0 Å². The third kappa shape index (κ3) is 4.67. The second-order valence-corrected chi connectivity index (χ2v) is 14.3. The molecule has 0 fully saturated rings. The molecule has 1 aliphatic heterocycles. The first-order chi connectivity index (χ1) is 25.7. The number of hydrogen-bond acceptors (Lipinski definition) is 4. The molecule has 52 heavy (non-hydrogen) atoms. The summed E-state index contributed by atoms with van der Waals surface area (Å²) in [5.74, 6) is 0.690. The monoisotopic (exact) mass is 679 g/mol. The van der Waals surface area contributed by atoms with Gasteiger partial charge in [-0.25, -0.2) is 9.97 Å². The SMILES string of the molecule is N#Cc1cccc(-c2ccc3c(c2)C2(c4cc(-c5nc(-c6ccccc6)cc(-c6ccccc6)n5)ccc4S3)c3ccccc3-c3ccccc32)c1. The number of nitriles is 1. The van der Waals surface area contributed by atoms with Crippen LogP contribution in [-0.2, 0) is 5.41 Å². The number of rotatable bonds is 4. The second kappa shape index (κ2) is 12.1. The topological polar surface area (TPSA) is 49.6 Å². The molecule has 0 N–H and O–H groups in total. The van der Waals surface area contributed by atoms with Crippen LogP contribution in [-0.4, -0.2) is 9.97 Å². The predicted molar refractivity (Wildman–Crippen MR) is 210 cm³/mol. The van der Waals surface area contributed by atoms with E-state index in [1.54, 1.807) is 0 Å². The summed E-state index contributed by atoms with van der Waals surface area (Å²) in [6.45, 7) is 0. The van der Waals surface area contributed by atoms with Crippen LogP contribution in [0.15, 0.2) is 186 Å². The highest BCUT2D eigenvalue weighted by Crippen LogP contribution is 2.62. The maximum atomic E-state index is 9.72. The van der Waals surface area contributed by atoms with E-state index >= 15 is 0 Å². The molecule has 0 atom stereocenters. The lowest BCUT2D eigenvalue weighted by Gasteiger charge is -2.40. The molecule has 4 heteroatoms. The van der Waals surface area contributed by atoms with E-state index in [9.17, 15) is 5.26 Å². The van der Waals surface area contributed by atoms with E-state index in [0.717, 1.165) is 39.2 Å². The fraction of sp³-hybridized carbons (Fsp3) is 0.0208. The highest BCUT2D eigenvalue weighted by Gasteiger charge is 2.50. The Kier molecular flexibility index (Phi) is 7.02. The fourth-order valence-corrected chi connectivity index (χ4v) is 9.23. The Hall–Kier alpha value is -6.54. The molecular formula is C48H29N3S. The van der Waals surface area contributed by atoms with Gasteiger partial charge in [0.25, 0.3) is 0 Å². The number of nitrogens with zero attached hydrogens (tertiary/aromatic N) is 3. The van der Waals surface area contributed by atoms with Crippen molar-refractivity contribution in [2.45, 2.75) is 15.2 Å². The van der Waals surface area contributed by atoms with Gasteiger partial charge in [-0.05, 0) is 87.0 Å². The average molecular weight is 680 g/mol. The predicted octanol–water partition coefficient (Wildman–Crippen LogP) is 11.8. The van der Waals surface area contributed by atoms with Gasteiger partial charge in [0.1, 0.15) is 0 Å². The number of aromatic nitrogens is 2. The van der Waals surface area contributed by atoms with Crippen LogP contribution in [0.2, 0.25) is 0 Å². The third-order valence-corrected chi connectivity index (χ3v) is 11.5. The van der Waals surface area contributed by atoms with Crippen LogP contribution in [0.4, 0.5) is 0 Å². The largest absolute Gasteiger partial charge is 0.228 e. The van der Waals surface area contributed by atoms with Crippen molar-refractivity contribution in [3.63, 3.8) is 0 Å². The molecule has 7 aromatic carbocycles. The van der Waals surface area contributed by atoms with Crippen molar-refractivity contribution < 1.29 is 0 Å². The summed E-state index contributed by atoms with van der Waals surface area (Å²) in [4.78, 5) is 12.9. The van der Waals surface area contributed by atoms with E-state index in [1.807, 2.05) is 42.1 Å². The maximum absolute atomic E-state index is 9.72. The van der Waals surface area contributed by atoms with Gasteiger partial charge in [0.2, 0.25) is 0 Å². The van der Waals surface area contributed by atoms with Crippen molar-refractivity contribution in [3.8, 4) is 62.2 Å². The Morgan fingerprint density at radius 3 is 1.52 bits per heavy atom. The zero-order valence-corrected chi connectivity index (χ0v) is 28.8. The normalized spacial score (nSPS) is 13.1. The van der Waals surface area contributed by atoms with E-state index in [1.165, 1.54) is 43.2 Å². The minimum absolute atomic E-state index is 0.582. The van der Waals surface area contributed by atoms with Crippen molar-refractivity contribution in [2.75, 3.05) is 0 Å². The molecule has 0 unspecified atom stereocenters. The van der Waals surface area contributed by atoms with Crippen LogP contribution in [0.5, 0.6) is 0 Å². The average Bonchev–Trinajstić information content (AvgIpc) is 3.52. The minimum Gasteiger partial charge on any atom is -0.228 e. The minimum atomic E-state index is -0.582. The van der Waals surface area contributed by atoms with Crippen molar-refractivity contribution in [1.82, 2.24) is 9.97 Å². The summed E-state index contributed by atoms with van der Waals surface area (Å²) in [5.41, 5.74) is 14.5. The highest BCUT2D eigenvalue weighted by molar-refractivity contribution is 7.99. The van der Waals surface area contributed by atoms with E-state index in [0.29, 0.717) is 11.4 Å². The van der Waals surface area contributed by atoms with Crippen LogP contribution >= 0.6 is 11.8 Å². The van der Waals surface area contributed by atoms with Crippen LogP contribution in [0.1, 0.15) is 27.8 Å². The summed E-state index contributed by atoms with van der Waals surface area (Å²) < 4.78 is 0. The highest BCUT2D eigenvalue weighted by atomic mass is 32.2. The number of benzene rings is 7.